The minimum absolute atomic E-state index is 0.246. The molecule has 0 aromatic heterocycles. The summed E-state index contributed by atoms with van der Waals surface area (Å²) in [5.41, 5.74) is 0.935. The van der Waals surface area contributed by atoms with Gasteiger partial charge in [-0.05, 0) is 44.8 Å². The van der Waals surface area contributed by atoms with Crippen LogP contribution >= 0.6 is 0 Å². The van der Waals surface area contributed by atoms with E-state index < -0.39 is 0 Å². The zero-order valence-electron chi connectivity index (χ0n) is 12.3. The van der Waals surface area contributed by atoms with Crippen LogP contribution in [0.1, 0.15) is 37.7 Å². The number of amides is 1. The normalized spacial score (nSPS) is 25.8. The first-order chi connectivity index (χ1) is 9.71. The Morgan fingerprint density at radius 2 is 2.00 bits per heavy atom. The van der Waals surface area contributed by atoms with Crippen LogP contribution in [0.4, 0.5) is 0 Å². The van der Waals surface area contributed by atoms with Gasteiger partial charge in [0, 0.05) is 12.6 Å². The van der Waals surface area contributed by atoms with Crippen molar-refractivity contribution in [2.75, 3.05) is 20.1 Å². The van der Waals surface area contributed by atoms with Crippen molar-refractivity contribution in [2.24, 2.45) is 0 Å². The molecule has 0 bridgehead atoms. The number of carbonyl (C=O) groups is 1. The van der Waals surface area contributed by atoms with Gasteiger partial charge in [0.05, 0.1) is 5.41 Å². The van der Waals surface area contributed by atoms with Gasteiger partial charge in [-0.3, -0.25) is 4.79 Å². The first kappa shape index (κ1) is 13.6. The van der Waals surface area contributed by atoms with Crippen molar-refractivity contribution in [2.45, 2.75) is 43.6 Å². The maximum absolute atomic E-state index is 12.8. The lowest BCUT2D eigenvalue weighted by Crippen LogP contribution is -2.55. The summed E-state index contributed by atoms with van der Waals surface area (Å²) < 4.78 is 0. The third-order valence-corrected chi connectivity index (χ3v) is 4.93. The van der Waals surface area contributed by atoms with Crippen molar-refractivity contribution < 1.29 is 4.79 Å². The lowest BCUT2D eigenvalue weighted by atomic mass is 9.63. The molecule has 1 aliphatic heterocycles. The summed E-state index contributed by atoms with van der Waals surface area (Å²) in [6.07, 6.45) is 5.43. The van der Waals surface area contributed by atoms with E-state index in [2.05, 4.69) is 29.4 Å². The SMILES string of the molecule is CN1CCC[C@@H](NC(=O)C2(c3ccccc3)CCC2)C1. The molecular formula is C17H24N2O. The van der Waals surface area contributed by atoms with E-state index in [9.17, 15) is 4.79 Å². The third kappa shape index (κ3) is 2.47. The summed E-state index contributed by atoms with van der Waals surface area (Å²) in [5, 5.41) is 3.31. The number of nitrogens with one attached hydrogen (secondary N) is 1. The molecule has 3 nitrogen and oxygen atoms in total. The van der Waals surface area contributed by atoms with E-state index in [1.165, 1.54) is 12.0 Å². The van der Waals surface area contributed by atoms with Crippen molar-refractivity contribution >= 4 is 5.91 Å². The first-order valence-corrected chi connectivity index (χ1v) is 7.76. The Labute approximate surface area is 121 Å². The van der Waals surface area contributed by atoms with Crippen LogP contribution in [0.25, 0.3) is 0 Å². The topological polar surface area (TPSA) is 32.3 Å². The maximum atomic E-state index is 12.8. The van der Waals surface area contributed by atoms with Gasteiger partial charge in [-0.15, -0.1) is 0 Å². The second-order valence-corrected chi connectivity index (χ2v) is 6.38. The molecule has 1 aromatic rings. The van der Waals surface area contributed by atoms with Gasteiger partial charge in [0.15, 0.2) is 0 Å². The highest BCUT2D eigenvalue weighted by Gasteiger charge is 2.46. The largest absolute Gasteiger partial charge is 0.351 e. The number of piperidine rings is 1. The Morgan fingerprint density at radius 3 is 2.60 bits per heavy atom. The average Bonchev–Trinajstić information content (AvgIpc) is 2.38. The minimum Gasteiger partial charge on any atom is -0.351 e. The van der Waals surface area contributed by atoms with Crippen LogP contribution < -0.4 is 5.32 Å². The molecule has 1 heterocycles. The molecule has 0 spiro atoms. The molecular weight excluding hydrogens is 248 g/mol. The third-order valence-electron chi connectivity index (χ3n) is 4.93. The second kappa shape index (κ2) is 5.57. The fourth-order valence-electron chi connectivity index (χ4n) is 3.54. The Morgan fingerprint density at radius 1 is 1.25 bits per heavy atom. The van der Waals surface area contributed by atoms with Crippen molar-refractivity contribution in [3.8, 4) is 0 Å². The van der Waals surface area contributed by atoms with Crippen molar-refractivity contribution in [3.63, 3.8) is 0 Å². The highest BCUT2D eigenvalue weighted by atomic mass is 16.2. The van der Waals surface area contributed by atoms with Crippen LogP contribution in [0.5, 0.6) is 0 Å². The summed E-state index contributed by atoms with van der Waals surface area (Å²) >= 11 is 0. The van der Waals surface area contributed by atoms with Gasteiger partial charge in [0.2, 0.25) is 5.91 Å². The smallest absolute Gasteiger partial charge is 0.230 e. The van der Waals surface area contributed by atoms with Crippen LogP contribution in [0, 0.1) is 0 Å². The molecule has 1 saturated heterocycles. The predicted octanol–water partition coefficient (Wildman–Crippen LogP) is 2.32. The Hall–Kier alpha value is -1.35. The molecule has 3 rings (SSSR count). The van der Waals surface area contributed by atoms with Crippen LogP contribution in [0.15, 0.2) is 30.3 Å². The fourth-order valence-corrected chi connectivity index (χ4v) is 3.54. The second-order valence-electron chi connectivity index (χ2n) is 6.38. The number of carbonyl (C=O) groups excluding carboxylic acids is 1. The number of hydrogen-bond donors (Lipinski definition) is 1. The van der Waals surface area contributed by atoms with Crippen molar-refractivity contribution in [1.82, 2.24) is 10.2 Å². The highest BCUT2D eigenvalue weighted by Crippen LogP contribution is 2.44. The molecule has 2 fully saturated rings. The van der Waals surface area contributed by atoms with E-state index in [4.69, 9.17) is 0 Å². The van der Waals surface area contributed by atoms with Gasteiger partial charge in [-0.25, -0.2) is 0 Å². The molecule has 1 N–H and O–H groups in total. The minimum atomic E-state index is -0.253. The van der Waals surface area contributed by atoms with Gasteiger partial charge >= 0.3 is 0 Å². The Bertz CT molecular complexity index is 467. The maximum Gasteiger partial charge on any atom is 0.230 e. The van der Waals surface area contributed by atoms with Gasteiger partial charge in [0.1, 0.15) is 0 Å². The molecule has 3 heteroatoms. The van der Waals surface area contributed by atoms with Crippen molar-refractivity contribution in [1.29, 1.82) is 0 Å². The molecule has 1 atom stereocenters. The molecule has 20 heavy (non-hydrogen) atoms. The van der Waals surface area contributed by atoms with E-state index in [0.29, 0.717) is 6.04 Å². The summed E-state index contributed by atoms with van der Waals surface area (Å²) in [5.74, 6) is 0.246. The molecule has 2 aliphatic rings. The van der Waals surface area contributed by atoms with Crippen LogP contribution in [0.2, 0.25) is 0 Å². The molecule has 1 amide bonds. The Kier molecular flexibility index (Phi) is 3.79. The monoisotopic (exact) mass is 272 g/mol. The number of likely N-dealkylation sites (N-methyl/N-ethyl adjacent to an activating group) is 1. The van der Waals surface area contributed by atoms with E-state index in [1.807, 2.05) is 18.2 Å². The van der Waals surface area contributed by atoms with Crippen LogP contribution in [0.3, 0.4) is 0 Å². The van der Waals surface area contributed by atoms with Gasteiger partial charge in [0.25, 0.3) is 0 Å². The molecule has 1 aliphatic carbocycles. The molecule has 1 saturated carbocycles. The number of benzene rings is 1. The lowest BCUT2D eigenvalue weighted by Gasteiger charge is -2.42. The fraction of sp³-hybridized carbons (Fsp3) is 0.588. The van der Waals surface area contributed by atoms with E-state index in [-0.39, 0.29) is 11.3 Å². The first-order valence-electron chi connectivity index (χ1n) is 7.76. The average molecular weight is 272 g/mol. The Balaban J connectivity index is 1.71. The zero-order valence-corrected chi connectivity index (χ0v) is 12.3. The van der Waals surface area contributed by atoms with E-state index in [0.717, 1.165) is 38.8 Å². The standard InChI is InChI=1S/C17H24N2O/c1-19-12-5-9-15(13-19)18-16(20)17(10-6-11-17)14-7-3-2-4-8-14/h2-4,7-8,15H,5-6,9-13H2,1H3,(H,18,20)/t15-/m1/s1. The number of likely N-dealkylation sites (tertiary alicyclic amines) is 1. The van der Waals surface area contributed by atoms with Crippen LogP contribution in [-0.4, -0.2) is 37.0 Å². The summed E-state index contributed by atoms with van der Waals surface area (Å²) in [4.78, 5) is 15.1. The lowest BCUT2D eigenvalue weighted by molar-refractivity contribution is -0.131. The van der Waals surface area contributed by atoms with Gasteiger partial charge in [-0.2, -0.15) is 0 Å². The molecule has 0 radical (unpaired) electrons. The molecule has 0 unspecified atom stereocenters. The van der Waals surface area contributed by atoms with E-state index >= 15 is 0 Å². The summed E-state index contributed by atoms with van der Waals surface area (Å²) in [7, 11) is 2.13. The highest BCUT2D eigenvalue weighted by molar-refractivity contribution is 5.89. The van der Waals surface area contributed by atoms with E-state index in [1.54, 1.807) is 0 Å². The van der Waals surface area contributed by atoms with Gasteiger partial charge < -0.3 is 10.2 Å². The van der Waals surface area contributed by atoms with Crippen LogP contribution in [-0.2, 0) is 10.2 Å². The number of nitrogens with zero attached hydrogens (tertiary/aromatic N) is 1. The van der Waals surface area contributed by atoms with Gasteiger partial charge in [-0.1, -0.05) is 36.8 Å². The summed E-state index contributed by atoms with van der Waals surface area (Å²) in [6, 6.07) is 10.6. The molecule has 108 valence electrons. The zero-order chi connectivity index (χ0) is 14.0. The summed E-state index contributed by atoms with van der Waals surface area (Å²) in [6.45, 7) is 2.13. The predicted molar refractivity (Wildman–Crippen MR) is 80.6 cm³/mol. The number of hydrogen-bond acceptors (Lipinski definition) is 2. The van der Waals surface area contributed by atoms with Crippen molar-refractivity contribution in [3.05, 3.63) is 35.9 Å². The number of rotatable bonds is 3. The molecule has 1 aromatic carbocycles. The quantitative estimate of drug-likeness (QED) is 0.916.